The zero-order valence-electron chi connectivity index (χ0n) is 9.02. The van der Waals surface area contributed by atoms with Crippen molar-refractivity contribution in [2.24, 2.45) is 0 Å². The lowest BCUT2D eigenvalue weighted by Gasteiger charge is -2.08. The van der Waals surface area contributed by atoms with E-state index in [1.54, 1.807) is 18.2 Å². The molecule has 0 fully saturated rings. The van der Waals surface area contributed by atoms with Crippen LogP contribution in [0.5, 0.6) is 5.75 Å². The number of benzene rings is 1. The van der Waals surface area contributed by atoms with Gasteiger partial charge in [-0.05, 0) is 18.2 Å². The van der Waals surface area contributed by atoms with Gasteiger partial charge in [0, 0.05) is 0 Å². The molecule has 0 atom stereocenters. The Balaban J connectivity index is 2.17. The van der Waals surface area contributed by atoms with E-state index in [1.807, 2.05) is 0 Å². The third kappa shape index (κ3) is 2.60. The number of carbonyl (C=O) groups is 1. The van der Waals surface area contributed by atoms with Crippen LogP contribution < -0.4 is 4.74 Å². The van der Waals surface area contributed by atoms with Gasteiger partial charge in [0.2, 0.25) is 0 Å². The largest absolute Gasteiger partial charge is 0.482 e. The third-order valence-electron chi connectivity index (χ3n) is 2.24. The molecule has 0 aliphatic carbocycles. The summed E-state index contributed by atoms with van der Waals surface area (Å²) in [6.07, 6.45) is 1.29. The fourth-order valence-corrected chi connectivity index (χ4v) is 1.91. The molecule has 94 valence electrons. The Morgan fingerprint density at radius 1 is 1.28 bits per heavy atom. The van der Waals surface area contributed by atoms with Gasteiger partial charge >= 0.3 is 5.97 Å². The Morgan fingerprint density at radius 3 is 2.56 bits per heavy atom. The van der Waals surface area contributed by atoms with Crippen molar-refractivity contribution >= 4 is 29.2 Å². The lowest BCUT2D eigenvalue weighted by atomic mass is 10.2. The molecule has 0 radical (unpaired) electrons. The summed E-state index contributed by atoms with van der Waals surface area (Å²) in [6, 6.07) is 6.30. The topological polar surface area (TPSA) is 59.7 Å². The van der Waals surface area contributed by atoms with Crippen LogP contribution >= 0.6 is 23.2 Å². The first-order valence-corrected chi connectivity index (χ1v) is 5.71. The fraction of sp³-hybridized carbons (Fsp3) is 0.0833. The second kappa shape index (κ2) is 5.33. The first-order chi connectivity index (χ1) is 8.59. The van der Waals surface area contributed by atoms with Crippen molar-refractivity contribution < 1.29 is 19.1 Å². The normalized spacial score (nSPS) is 10.3. The number of aromatic carboxylic acids is 1. The van der Waals surface area contributed by atoms with Gasteiger partial charge in [-0.15, -0.1) is 0 Å². The maximum absolute atomic E-state index is 10.9. The van der Waals surface area contributed by atoms with Gasteiger partial charge in [0.15, 0.2) is 11.5 Å². The second-order valence-corrected chi connectivity index (χ2v) is 4.22. The highest BCUT2D eigenvalue weighted by Gasteiger charge is 2.15. The minimum absolute atomic E-state index is 0.0539. The van der Waals surface area contributed by atoms with Crippen LogP contribution in [0, 0.1) is 0 Å². The van der Waals surface area contributed by atoms with Crippen molar-refractivity contribution in [3.63, 3.8) is 0 Å². The van der Waals surface area contributed by atoms with Gasteiger partial charge in [-0.2, -0.15) is 0 Å². The zero-order chi connectivity index (χ0) is 13.1. The lowest BCUT2D eigenvalue weighted by Crippen LogP contribution is -2.03. The standard InChI is InChI=1S/C12H8Cl2O4/c13-8-2-1-3-9(14)11(8)18-6-10-7(12(15)16)4-5-17-10/h1-5H,6H2,(H,15,16). The van der Waals surface area contributed by atoms with Crippen LogP contribution in [-0.4, -0.2) is 11.1 Å². The SMILES string of the molecule is O=C(O)c1ccoc1COc1c(Cl)cccc1Cl. The molecule has 4 nitrogen and oxygen atoms in total. The quantitative estimate of drug-likeness (QED) is 0.927. The van der Waals surface area contributed by atoms with E-state index in [4.69, 9.17) is 37.5 Å². The Kier molecular flexibility index (Phi) is 3.79. The Bertz CT molecular complexity index is 557. The van der Waals surface area contributed by atoms with Gasteiger partial charge in [0.25, 0.3) is 0 Å². The molecule has 1 N–H and O–H groups in total. The Morgan fingerprint density at radius 2 is 1.94 bits per heavy atom. The molecule has 1 heterocycles. The number of halogens is 2. The second-order valence-electron chi connectivity index (χ2n) is 3.40. The number of hydrogen-bond donors (Lipinski definition) is 1. The van der Waals surface area contributed by atoms with Crippen molar-refractivity contribution in [1.29, 1.82) is 0 Å². The molecule has 0 unspecified atom stereocenters. The highest BCUT2D eigenvalue weighted by molar-refractivity contribution is 6.37. The molecule has 1 aromatic heterocycles. The van der Waals surface area contributed by atoms with Crippen LogP contribution in [-0.2, 0) is 6.61 Å². The molecule has 0 saturated carbocycles. The summed E-state index contributed by atoms with van der Waals surface area (Å²) in [6.45, 7) is -0.0575. The maximum atomic E-state index is 10.9. The number of rotatable bonds is 4. The summed E-state index contributed by atoms with van der Waals surface area (Å²) in [5.74, 6) is -0.570. The van der Waals surface area contributed by atoms with E-state index in [-0.39, 0.29) is 17.9 Å². The van der Waals surface area contributed by atoms with Crippen molar-refractivity contribution in [3.05, 3.63) is 51.9 Å². The van der Waals surface area contributed by atoms with Crippen LogP contribution in [0.4, 0.5) is 0 Å². The van der Waals surface area contributed by atoms with Gasteiger partial charge in [0.1, 0.15) is 12.2 Å². The summed E-state index contributed by atoms with van der Waals surface area (Å²) in [5.41, 5.74) is 0.0539. The van der Waals surface area contributed by atoms with E-state index in [9.17, 15) is 4.79 Å². The third-order valence-corrected chi connectivity index (χ3v) is 2.84. The monoisotopic (exact) mass is 286 g/mol. The molecular formula is C12H8Cl2O4. The van der Waals surface area contributed by atoms with Gasteiger partial charge in [-0.25, -0.2) is 4.79 Å². The predicted molar refractivity (Wildman–Crippen MR) is 66.5 cm³/mol. The number of furan rings is 1. The minimum atomic E-state index is -1.08. The summed E-state index contributed by atoms with van der Waals surface area (Å²) >= 11 is 11.8. The van der Waals surface area contributed by atoms with E-state index >= 15 is 0 Å². The molecule has 6 heteroatoms. The van der Waals surface area contributed by atoms with Crippen LogP contribution in [0.2, 0.25) is 10.0 Å². The van der Waals surface area contributed by atoms with Gasteiger partial charge in [-0.1, -0.05) is 29.3 Å². The van der Waals surface area contributed by atoms with Crippen molar-refractivity contribution in [1.82, 2.24) is 0 Å². The molecule has 1 aromatic carbocycles. The number of carboxylic acid groups (broad SMARTS) is 1. The van der Waals surface area contributed by atoms with E-state index in [2.05, 4.69) is 0 Å². The van der Waals surface area contributed by atoms with Crippen LogP contribution in [0.3, 0.4) is 0 Å². The maximum Gasteiger partial charge on any atom is 0.339 e. The summed E-state index contributed by atoms with van der Waals surface area (Å²) in [4.78, 5) is 10.9. The first kappa shape index (κ1) is 12.8. The Labute approximate surface area is 113 Å². The van der Waals surface area contributed by atoms with E-state index in [0.717, 1.165) is 0 Å². The van der Waals surface area contributed by atoms with Crippen molar-refractivity contribution in [2.75, 3.05) is 0 Å². The molecule has 0 spiro atoms. The molecule has 2 aromatic rings. The Hall–Kier alpha value is -1.65. The predicted octanol–water partition coefficient (Wildman–Crippen LogP) is 3.86. The summed E-state index contributed by atoms with van der Waals surface area (Å²) in [7, 11) is 0. The highest BCUT2D eigenvalue weighted by Crippen LogP contribution is 2.33. The van der Waals surface area contributed by atoms with Gasteiger partial charge < -0.3 is 14.3 Å². The van der Waals surface area contributed by atoms with E-state index < -0.39 is 5.97 Å². The number of para-hydroxylation sites is 1. The molecule has 0 aliphatic rings. The smallest absolute Gasteiger partial charge is 0.339 e. The summed E-state index contributed by atoms with van der Waals surface area (Å²) in [5, 5.41) is 9.60. The molecule has 0 saturated heterocycles. The zero-order valence-corrected chi connectivity index (χ0v) is 10.5. The minimum Gasteiger partial charge on any atom is -0.482 e. The van der Waals surface area contributed by atoms with Gasteiger partial charge in [-0.3, -0.25) is 0 Å². The average Bonchev–Trinajstić information content (AvgIpc) is 2.76. The molecule has 18 heavy (non-hydrogen) atoms. The van der Waals surface area contributed by atoms with Crippen LogP contribution in [0.1, 0.15) is 16.1 Å². The molecular weight excluding hydrogens is 279 g/mol. The number of hydrogen-bond acceptors (Lipinski definition) is 3. The average molecular weight is 287 g/mol. The van der Waals surface area contributed by atoms with Crippen molar-refractivity contribution in [2.45, 2.75) is 6.61 Å². The van der Waals surface area contributed by atoms with E-state index in [0.29, 0.717) is 15.8 Å². The number of carboxylic acids is 1. The molecule has 0 amide bonds. The first-order valence-electron chi connectivity index (χ1n) is 4.96. The lowest BCUT2D eigenvalue weighted by molar-refractivity contribution is 0.0692. The number of ether oxygens (including phenoxy) is 1. The molecule has 2 rings (SSSR count). The van der Waals surface area contributed by atoms with Crippen LogP contribution in [0.25, 0.3) is 0 Å². The van der Waals surface area contributed by atoms with Gasteiger partial charge in [0.05, 0.1) is 16.3 Å². The van der Waals surface area contributed by atoms with E-state index in [1.165, 1.54) is 12.3 Å². The fourth-order valence-electron chi connectivity index (χ4n) is 1.40. The molecule has 0 bridgehead atoms. The van der Waals surface area contributed by atoms with Crippen LogP contribution in [0.15, 0.2) is 34.9 Å². The summed E-state index contributed by atoms with van der Waals surface area (Å²) < 4.78 is 10.4. The van der Waals surface area contributed by atoms with Crippen molar-refractivity contribution in [3.8, 4) is 5.75 Å². The highest BCUT2D eigenvalue weighted by atomic mass is 35.5. The molecule has 0 aliphatic heterocycles.